The maximum atomic E-state index is 13.5. The van der Waals surface area contributed by atoms with Gasteiger partial charge in [-0.25, -0.2) is 13.2 Å². The van der Waals surface area contributed by atoms with E-state index < -0.39 is 21.4 Å². The average Bonchev–Trinajstić information content (AvgIpc) is 3.46. The average molecular weight is 460 g/mol. The minimum atomic E-state index is -3.16. The van der Waals surface area contributed by atoms with Gasteiger partial charge in [0.25, 0.3) is 5.91 Å². The van der Waals surface area contributed by atoms with Crippen LogP contribution in [0.3, 0.4) is 0 Å². The van der Waals surface area contributed by atoms with Crippen molar-refractivity contribution < 1.29 is 22.8 Å². The Kier molecular flexibility index (Phi) is 5.27. The molecule has 3 fully saturated rings. The monoisotopic (exact) mass is 459 g/mol. The van der Waals surface area contributed by atoms with Gasteiger partial charge in [0.05, 0.1) is 11.5 Å². The summed E-state index contributed by atoms with van der Waals surface area (Å²) in [5.41, 5.74) is 0.750. The van der Waals surface area contributed by atoms with Crippen molar-refractivity contribution >= 4 is 27.7 Å². The fraction of sp³-hybridized carbons (Fsp3) is 0.609. The molecule has 8 nitrogen and oxygen atoms in total. The van der Waals surface area contributed by atoms with Crippen LogP contribution in [0, 0.1) is 0 Å². The zero-order valence-corrected chi connectivity index (χ0v) is 18.9. The molecule has 4 amide bonds. The summed E-state index contributed by atoms with van der Waals surface area (Å²) in [7, 11) is -3.16. The van der Waals surface area contributed by atoms with Crippen molar-refractivity contribution in [1.82, 2.24) is 15.1 Å². The van der Waals surface area contributed by atoms with E-state index in [0.717, 1.165) is 54.6 Å². The van der Waals surface area contributed by atoms with Crippen LogP contribution >= 0.6 is 0 Å². The standard InChI is InChI=1S/C23H29N3O5S/c27-20(26(17-8-2-3-9-17)18-11-13-32(30,31)15-18)14-25-21(28)23(24-22(25)29)12-5-7-16-6-1-4-10-19(16)23/h1,4,6,10,17-18H,2-3,5,7-9,11-15H2,(H,24,29)/t18-,23+/m1/s1. The van der Waals surface area contributed by atoms with E-state index in [1.165, 1.54) is 0 Å². The molecule has 4 aliphatic rings. The van der Waals surface area contributed by atoms with E-state index in [-0.39, 0.29) is 41.9 Å². The van der Waals surface area contributed by atoms with Gasteiger partial charge in [0, 0.05) is 12.1 Å². The molecule has 2 heterocycles. The van der Waals surface area contributed by atoms with Gasteiger partial charge in [-0.15, -0.1) is 0 Å². The number of hydrogen-bond acceptors (Lipinski definition) is 5. The molecule has 2 aliphatic carbocycles. The first-order valence-corrected chi connectivity index (χ1v) is 13.4. The summed E-state index contributed by atoms with van der Waals surface area (Å²) in [4.78, 5) is 42.6. The summed E-state index contributed by atoms with van der Waals surface area (Å²) in [5, 5.41) is 2.89. The number of imide groups is 1. The van der Waals surface area contributed by atoms with Crippen LogP contribution in [0.5, 0.6) is 0 Å². The lowest BCUT2D eigenvalue weighted by Crippen LogP contribution is -2.52. The third-order valence-corrected chi connectivity index (χ3v) is 9.30. The number of sulfone groups is 1. The number of benzene rings is 1. The number of fused-ring (bicyclic) bond motifs is 2. The predicted octanol–water partition coefficient (Wildman–Crippen LogP) is 1.73. The molecule has 1 N–H and O–H groups in total. The molecule has 1 aromatic rings. The molecule has 0 radical (unpaired) electrons. The highest BCUT2D eigenvalue weighted by atomic mass is 32.2. The first-order chi connectivity index (χ1) is 15.3. The van der Waals surface area contributed by atoms with Crippen LogP contribution in [0.15, 0.2) is 24.3 Å². The Morgan fingerprint density at radius 3 is 2.56 bits per heavy atom. The number of hydrogen-bond donors (Lipinski definition) is 1. The van der Waals surface area contributed by atoms with Crippen molar-refractivity contribution in [3.05, 3.63) is 35.4 Å². The molecule has 1 saturated carbocycles. The number of amides is 4. The second-order valence-corrected chi connectivity index (χ2v) is 11.8. The van der Waals surface area contributed by atoms with Gasteiger partial charge in [-0.05, 0) is 49.7 Å². The Labute approximate surface area is 188 Å². The molecule has 5 rings (SSSR count). The van der Waals surface area contributed by atoms with Crippen molar-refractivity contribution in [3.63, 3.8) is 0 Å². The molecular weight excluding hydrogens is 430 g/mol. The molecule has 9 heteroatoms. The largest absolute Gasteiger partial charge is 0.334 e. The molecule has 2 atom stereocenters. The van der Waals surface area contributed by atoms with Gasteiger partial charge in [0.2, 0.25) is 5.91 Å². The Balaban J connectivity index is 1.40. The van der Waals surface area contributed by atoms with Crippen molar-refractivity contribution in [2.45, 2.75) is 69.0 Å². The Bertz CT molecular complexity index is 1070. The quantitative estimate of drug-likeness (QED) is 0.691. The number of carbonyl (C=O) groups excluding carboxylic acids is 3. The molecule has 2 aliphatic heterocycles. The fourth-order valence-electron chi connectivity index (χ4n) is 6.05. The Hall–Kier alpha value is -2.42. The van der Waals surface area contributed by atoms with Gasteiger partial charge in [-0.3, -0.25) is 14.5 Å². The summed E-state index contributed by atoms with van der Waals surface area (Å²) in [5.74, 6) is -0.666. The molecule has 0 aromatic heterocycles. The SMILES string of the molecule is O=C1N[C@]2(CCCc3ccccc32)C(=O)N1CC(=O)N(C1CCCC1)[C@@H]1CCS(=O)(=O)C1. The van der Waals surface area contributed by atoms with Gasteiger partial charge >= 0.3 is 6.03 Å². The van der Waals surface area contributed by atoms with E-state index in [1.807, 2.05) is 24.3 Å². The molecule has 0 bridgehead atoms. The predicted molar refractivity (Wildman–Crippen MR) is 117 cm³/mol. The Morgan fingerprint density at radius 1 is 1.09 bits per heavy atom. The van der Waals surface area contributed by atoms with E-state index in [1.54, 1.807) is 4.90 Å². The van der Waals surface area contributed by atoms with Crippen LogP contribution in [-0.4, -0.2) is 66.2 Å². The van der Waals surface area contributed by atoms with Gasteiger partial charge in [0.1, 0.15) is 12.1 Å². The summed E-state index contributed by atoms with van der Waals surface area (Å²) >= 11 is 0. The molecule has 0 unspecified atom stereocenters. The van der Waals surface area contributed by atoms with Gasteiger partial charge < -0.3 is 10.2 Å². The van der Waals surface area contributed by atoms with Crippen molar-refractivity contribution in [3.8, 4) is 0 Å². The summed E-state index contributed by atoms with van der Waals surface area (Å²) in [6, 6.07) is 6.70. The van der Waals surface area contributed by atoms with E-state index in [0.29, 0.717) is 12.8 Å². The number of carbonyl (C=O) groups is 3. The summed E-state index contributed by atoms with van der Waals surface area (Å²) in [6.07, 6.45) is 6.21. The summed E-state index contributed by atoms with van der Waals surface area (Å²) < 4.78 is 24.2. The zero-order chi connectivity index (χ0) is 22.5. The lowest BCUT2D eigenvalue weighted by molar-refractivity contribution is -0.142. The molecule has 2 saturated heterocycles. The fourth-order valence-corrected chi connectivity index (χ4v) is 7.77. The second-order valence-electron chi connectivity index (χ2n) is 9.53. The second kappa shape index (κ2) is 7.86. The Morgan fingerprint density at radius 2 is 1.84 bits per heavy atom. The lowest BCUT2D eigenvalue weighted by Gasteiger charge is -2.35. The highest BCUT2D eigenvalue weighted by Gasteiger charge is 2.54. The van der Waals surface area contributed by atoms with E-state index in [2.05, 4.69) is 5.32 Å². The van der Waals surface area contributed by atoms with Gasteiger partial charge in [-0.2, -0.15) is 0 Å². The van der Waals surface area contributed by atoms with Crippen LogP contribution in [0.25, 0.3) is 0 Å². The maximum Gasteiger partial charge on any atom is 0.325 e. The van der Waals surface area contributed by atoms with Crippen molar-refractivity contribution in [1.29, 1.82) is 0 Å². The summed E-state index contributed by atoms with van der Waals surface area (Å²) in [6.45, 7) is -0.346. The molecule has 1 spiro atoms. The zero-order valence-electron chi connectivity index (χ0n) is 18.1. The third kappa shape index (κ3) is 3.50. The van der Waals surface area contributed by atoms with E-state index >= 15 is 0 Å². The van der Waals surface area contributed by atoms with Crippen LogP contribution in [-0.2, 0) is 31.4 Å². The minimum absolute atomic E-state index is 0.0223. The molecule has 172 valence electrons. The lowest BCUT2D eigenvalue weighted by atomic mass is 9.76. The molecular formula is C23H29N3O5S. The smallest absolute Gasteiger partial charge is 0.325 e. The first-order valence-electron chi connectivity index (χ1n) is 11.5. The van der Waals surface area contributed by atoms with Crippen LogP contribution in [0.2, 0.25) is 0 Å². The third-order valence-electron chi connectivity index (χ3n) is 7.55. The van der Waals surface area contributed by atoms with E-state index in [4.69, 9.17) is 0 Å². The topological polar surface area (TPSA) is 104 Å². The number of urea groups is 1. The molecule has 1 aromatic carbocycles. The van der Waals surface area contributed by atoms with E-state index in [9.17, 15) is 22.8 Å². The van der Waals surface area contributed by atoms with Crippen LogP contribution in [0.4, 0.5) is 4.79 Å². The normalized spacial score (nSPS) is 29.4. The number of nitrogens with one attached hydrogen (secondary N) is 1. The van der Waals surface area contributed by atoms with Crippen molar-refractivity contribution in [2.75, 3.05) is 18.1 Å². The first kappa shape index (κ1) is 21.4. The highest BCUT2D eigenvalue weighted by Crippen LogP contribution is 2.40. The number of rotatable bonds is 4. The number of nitrogens with zero attached hydrogens (tertiary/aromatic N) is 2. The number of aryl methyl sites for hydroxylation is 1. The van der Waals surface area contributed by atoms with Crippen molar-refractivity contribution in [2.24, 2.45) is 0 Å². The van der Waals surface area contributed by atoms with Gasteiger partial charge in [0.15, 0.2) is 9.84 Å². The highest BCUT2D eigenvalue weighted by molar-refractivity contribution is 7.91. The molecule has 32 heavy (non-hydrogen) atoms. The van der Waals surface area contributed by atoms with Crippen LogP contribution in [0.1, 0.15) is 56.1 Å². The van der Waals surface area contributed by atoms with Crippen LogP contribution < -0.4 is 5.32 Å². The maximum absolute atomic E-state index is 13.5. The van der Waals surface area contributed by atoms with Gasteiger partial charge in [-0.1, -0.05) is 37.1 Å². The minimum Gasteiger partial charge on any atom is -0.334 e.